The molecule has 3 nitrogen and oxygen atoms in total. The van der Waals surface area contributed by atoms with E-state index in [1.165, 1.54) is 31.4 Å². The lowest BCUT2D eigenvalue weighted by Gasteiger charge is -2.09. The van der Waals surface area contributed by atoms with Crippen LogP contribution in [-0.4, -0.2) is 13.1 Å². The van der Waals surface area contributed by atoms with Gasteiger partial charge in [-0.25, -0.2) is 4.79 Å². The molecular formula is C15H12F3NO2. The number of hydrogen-bond donors (Lipinski definition) is 1. The highest BCUT2D eigenvalue weighted by molar-refractivity contribution is 5.92. The van der Waals surface area contributed by atoms with Gasteiger partial charge >= 0.3 is 12.1 Å². The monoisotopic (exact) mass is 295 g/mol. The highest BCUT2D eigenvalue weighted by Crippen LogP contribution is 2.31. The smallest absolute Gasteiger partial charge is 0.416 e. The quantitative estimate of drug-likeness (QED) is 0.678. The second-order valence-electron chi connectivity index (χ2n) is 4.41. The molecule has 0 aliphatic carbocycles. The first-order valence-electron chi connectivity index (χ1n) is 5.98. The molecular weight excluding hydrogens is 283 g/mol. The van der Waals surface area contributed by atoms with E-state index in [1.807, 2.05) is 0 Å². The average molecular weight is 295 g/mol. The van der Waals surface area contributed by atoms with Crippen molar-refractivity contribution >= 4 is 11.7 Å². The lowest BCUT2D eigenvalue weighted by Crippen LogP contribution is -2.04. The van der Waals surface area contributed by atoms with Crippen LogP contribution in [0, 0.1) is 0 Å². The van der Waals surface area contributed by atoms with Crippen LogP contribution >= 0.6 is 0 Å². The van der Waals surface area contributed by atoms with Gasteiger partial charge < -0.3 is 10.5 Å². The maximum Gasteiger partial charge on any atom is 0.416 e. The van der Waals surface area contributed by atoms with Crippen molar-refractivity contribution in [3.63, 3.8) is 0 Å². The number of carbonyl (C=O) groups is 1. The summed E-state index contributed by atoms with van der Waals surface area (Å²) >= 11 is 0. The van der Waals surface area contributed by atoms with Crippen LogP contribution in [0.3, 0.4) is 0 Å². The molecule has 0 aliphatic heterocycles. The Morgan fingerprint density at radius 1 is 1.05 bits per heavy atom. The zero-order chi connectivity index (χ0) is 15.6. The number of anilines is 1. The van der Waals surface area contributed by atoms with E-state index < -0.39 is 17.7 Å². The van der Waals surface area contributed by atoms with Crippen LogP contribution in [0.5, 0.6) is 0 Å². The van der Waals surface area contributed by atoms with E-state index in [1.54, 1.807) is 6.07 Å². The maximum atomic E-state index is 12.5. The number of nitrogens with two attached hydrogens (primary N) is 1. The van der Waals surface area contributed by atoms with Crippen molar-refractivity contribution in [2.75, 3.05) is 12.8 Å². The maximum absolute atomic E-state index is 12.5. The van der Waals surface area contributed by atoms with Crippen LogP contribution in [0.2, 0.25) is 0 Å². The van der Waals surface area contributed by atoms with Gasteiger partial charge in [0.15, 0.2) is 0 Å². The Balaban J connectivity index is 2.42. The molecule has 0 radical (unpaired) electrons. The molecule has 0 saturated heterocycles. The second kappa shape index (κ2) is 5.47. The fraction of sp³-hybridized carbons (Fsp3) is 0.133. The summed E-state index contributed by atoms with van der Waals surface area (Å²) in [6.07, 6.45) is -4.38. The van der Waals surface area contributed by atoms with Gasteiger partial charge in [0.05, 0.1) is 18.2 Å². The number of halogens is 3. The molecule has 2 aromatic carbocycles. The molecule has 2 N–H and O–H groups in total. The molecule has 0 bridgehead atoms. The summed E-state index contributed by atoms with van der Waals surface area (Å²) in [7, 11) is 1.24. The van der Waals surface area contributed by atoms with E-state index in [2.05, 4.69) is 4.74 Å². The standard InChI is InChI=1S/C15H12F3NO2/c1-21-14(20)11-6-10(7-13(19)8-11)9-2-4-12(5-3-9)15(16,17)18/h2-8H,19H2,1H3. The highest BCUT2D eigenvalue weighted by Gasteiger charge is 2.29. The van der Waals surface area contributed by atoms with Gasteiger partial charge in [-0.1, -0.05) is 12.1 Å². The third-order valence-electron chi connectivity index (χ3n) is 2.92. The number of hydrogen-bond acceptors (Lipinski definition) is 3. The van der Waals surface area contributed by atoms with Crippen molar-refractivity contribution < 1.29 is 22.7 Å². The number of methoxy groups -OCH3 is 1. The van der Waals surface area contributed by atoms with Gasteiger partial charge in [0, 0.05) is 5.69 Å². The average Bonchev–Trinajstić information content (AvgIpc) is 2.45. The molecule has 2 aromatic rings. The Labute approximate surface area is 119 Å². The molecule has 6 heteroatoms. The molecule has 0 heterocycles. The summed E-state index contributed by atoms with van der Waals surface area (Å²) in [5, 5.41) is 0. The lowest BCUT2D eigenvalue weighted by atomic mass is 10.0. The number of carbonyl (C=O) groups excluding carboxylic acids is 1. The Hall–Kier alpha value is -2.50. The predicted molar refractivity (Wildman–Crippen MR) is 72.6 cm³/mol. The minimum absolute atomic E-state index is 0.243. The molecule has 0 atom stereocenters. The second-order valence-corrected chi connectivity index (χ2v) is 4.41. The molecule has 0 fully saturated rings. The van der Waals surface area contributed by atoms with Crippen LogP contribution in [0.25, 0.3) is 11.1 Å². The number of nitrogen functional groups attached to an aromatic ring is 1. The molecule has 0 spiro atoms. The fourth-order valence-electron chi connectivity index (χ4n) is 1.91. The van der Waals surface area contributed by atoms with Gasteiger partial charge in [0.1, 0.15) is 0 Å². The van der Waals surface area contributed by atoms with Crippen molar-refractivity contribution in [1.29, 1.82) is 0 Å². The molecule has 0 amide bonds. The van der Waals surface area contributed by atoms with E-state index in [9.17, 15) is 18.0 Å². The molecule has 0 aromatic heterocycles. The van der Waals surface area contributed by atoms with Gasteiger partial charge in [-0.15, -0.1) is 0 Å². The molecule has 0 saturated carbocycles. The summed E-state index contributed by atoms with van der Waals surface area (Å²) in [4.78, 5) is 11.5. The Kier molecular flexibility index (Phi) is 3.88. The summed E-state index contributed by atoms with van der Waals surface area (Å²) in [5.41, 5.74) is 6.61. The van der Waals surface area contributed by atoms with Gasteiger partial charge in [-0.2, -0.15) is 13.2 Å². The molecule has 2 rings (SSSR count). The van der Waals surface area contributed by atoms with Gasteiger partial charge in [0.2, 0.25) is 0 Å². The first kappa shape index (κ1) is 14.9. The number of alkyl halides is 3. The van der Waals surface area contributed by atoms with Gasteiger partial charge in [-0.3, -0.25) is 0 Å². The van der Waals surface area contributed by atoms with Crippen LogP contribution in [0.1, 0.15) is 15.9 Å². The summed E-state index contributed by atoms with van der Waals surface area (Å²) < 4.78 is 42.2. The van der Waals surface area contributed by atoms with Crippen LogP contribution < -0.4 is 5.73 Å². The summed E-state index contributed by atoms with van der Waals surface area (Å²) in [6.45, 7) is 0. The minimum atomic E-state index is -4.38. The van der Waals surface area contributed by atoms with Crippen molar-refractivity contribution in [3.05, 3.63) is 53.6 Å². The van der Waals surface area contributed by atoms with Crippen molar-refractivity contribution in [3.8, 4) is 11.1 Å². The third-order valence-corrected chi connectivity index (χ3v) is 2.92. The largest absolute Gasteiger partial charge is 0.465 e. The number of esters is 1. The zero-order valence-electron chi connectivity index (χ0n) is 11.1. The topological polar surface area (TPSA) is 52.3 Å². The SMILES string of the molecule is COC(=O)c1cc(N)cc(-c2ccc(C(F)(F)F)cc2)c1. The third kappa shape index (κ3) is 3.34. The summed E-state index contributed by atoms with van der Waals surface area (Å²) in [5.74, 6) is -0.560. The fourth-order valence-corrected chi connectivity index (χ4v) is 1.91. The zero-order valence-corrected chi connectivity index (χ0v) is 11.1. The van der Waals surface area contributed by atoms with E-state index in [0.29, 0.717) is 16.8 Å². The number of ether oxygens (including phenoxy) is 1. The van der Waals surface area contributed by atoms with Crippen molar-refractivity contribution in [1.82, 2.24) is 0 Å². The van der Waals surface area contributed by atoms with E-state index in [-0.39, 0.29) is 5.56 Å². The van der Waals surface area contributed by atoms with Gasteiger partial charge in [0.25, 0.3) is 0 Å². The van der Waals surface area contributed by atoms with Crippen LogP contribution in [0.4, 0.5) is 18.9 Å². The lowest BCUT2D eigenvalue weighted by molar-refractivity contribution is -0.137. The van der Waals surface area contributed by atoms with E-state index in [0.717, 1.165) is 12.1 Å². The van der Waals surface area contributed by atoms with Crippen molar-refractivity contribution in [2.45, 2.75) is 6.18 Å². The van der Waals surface area contributed by atoms with Gasteiger partial charge in [-0.05, 0) is 41.5 Å². The number of rotatable bonds is 2. The Morgan fingerprint density at radius 3 is 2.19 bits per heavy atom. The van der Waals surface area contributed by atoms with E-state index >= 15 is 0 Å². The van der Waals surface area contributed by atoms with Crippen LogP contribution in [-0.2, 0) is 10.9 Å². The normalized spacial score (nSPS) is 11.2. The van der Waals surface area contributed by atoms with Crippen LogP contribution in [0.15, 0.2) is 42.5 Å². The van der Waals surface area contributed by atoms with Crippen molar-refractivity contribution in [2.24, 2.45) is 0 Å². The first-order valence-corrected chi connectivity index (χ1v) is 5.98. The predicted octanol–water partition coefficient (Wildman–Crippen LogP) is 3.74. The van der Waals surface area contributed by atoms with E-state index in [4.69, 9.17) is 5.73 Å². The Bertz CT molecular complexity index is 664. The molecule has 110 valence electrons. The minimum Gasteiger partial charge on any atom is -0.465 e. The number of benzene rings is 2. The molecule has 0 aliphatic rings. The Morgan fingerprint density at radius 2 is 1.67 bits per heavy atom. The molecule has 0 unspecified atom stereocenters. The molecule has 21 heavy (non-hydrogen) atoms. The summed E-state index contributed by atoms with van der Waals surface area (Å²) in [6, 6.07) is 9.17. The first-order chi connectivity index (χ1) is 9.81. The highest BCUT2D eigenvalue weighted by atomic mass is 19.4.